The first-order valence-electron chi connectivity index (χ1n) is 5.35. The van der Waals surface area contributed by atoms with Gasteiger partial charge < -0.3 is 0 Å². The maximum atomic E-state index is 11.7. The van der Waals surface area contributed by atoms with Crippen molar-refractivity contribution in [2.45, 2.75) is 6.54 Å². The van der Waals surface area contributed by atoms with Gasteiger partial charge in [-0.25, -0.2) is 9.36 Å². The number of nitrogens with zero attached hydrogens (tertiary/aromatic N) is 3. The molecule has 0 aliphatic rings. The Morgan fingerprint density at radius 1 is 1.28 bits per heavy atom. The molecule has 0 aliphatic heterocycles. The van der Waals surface area contributed by atoms with E-state index < -0.39 is 5.76 Å². The van der Waals surface area contributed by atoms with Crippen molar-refractivity contribution in [3.8, 4) is 10.7 Å². The average molecular weight is 259 g/mol. The van der Waals surface area contributed by atoms with Crippen LogP contribution in [0.3, 0.4) is 0 Å². The van der Waals surface area contributed by atoms with Gasteiger partial charge >= 0.3 is 5.76 Å². The third kappa shape index (κ3) is 1.98. The first-order valence-corrected chi connectivity index (χ1v) is 6.23. The van der Waals surface area contributed by atoms with Crippen LogP contribution in [-0.4, -0.2) is 14.7 Å². The third-order valence-corrected chi connectivity index (χ3v) is 3.34. The minimum Gasteiger partial charge on any atom is -0.295 e. The summed E-state index contributed by atoms with van der Waals surface area (Å²) in [5.74, 6) is 0.0738. The van der Waals surface area contributed by atoms with Gasteiger partial charge in [-0.3, -0.25) is 9.51 Å². The molecule has 3 aromatic rings. The number of thiophene rings is 1. The summed E-state index contributed by atoms with van der Waals surface area (Å²) in [5.41, 5.74) is 0.792. The van der Waals surface area contributed by atoms with Gasteiger partial charge in [0.25, 0.3) is 0 Å². The van der Waals surface area contributed by atoms with Gasteiger partial charge in [0, 0.05) is 6.20 Å². The van der Waals surface area contributed by atoms with E-state index in [4.69, 9.17) is 4.52 Å². The molecule has 6 heteroatoms. The highest BCUT2D eigenvalue weighted by Gasteiger charge is 2.14. The predicted molar refractivity (Wildman–Crippen MR) is 67.4 cm³/mol. The average Bonchev–Trinajstić information content (AvgIpc) is 3.02. The molecule has 90 valence electrons. The molecular weight excluding hydrogens is 250 g/mol. The van der Waals surface area contributed by atoms with Crippen LogP contribution in [0.5, 0.6) is 0 Å². The molecule has 0 aromatic carbocycles. The summed E-state index contributed by atoms with van der Waals surface area (Å²) in [5, 5.41) is 5.74. The summed E-state index contributed by atoms with van der Waals surface area (Å²) in [7, 11) is 0. The van der Waals surface area contributed by atoms with E-state index in [2.05, 4.69) is 10.1 Å². The van der Waals surface area contributed by atoms with E-state index in [1.165, 1.54) is 15.9 Å². The second-order valence-corrected chi connectivity index (χ2v) is 4.60. The van der Waals surface area contributed by atoms with Crippen molar-refractivity contribution >= 4 is 11.3 Å². The van der Waals surface area contributed by atoms with E-state index in [-0.39, 0.29) is 0 Å². The van der Waals surface area contributed by atoms with Gasteiger partial charge in [0.05, 0.1) is 17.1 Å². The molecule has 5 nitrogen and oxygen atoms in total. The minimum atomic E-state index is -0.468. The Labute approximate surface area is 106 Å². The van der Waals surface area contributed by atoms with Crippen LogP contribution in [0.4, 0.5) is 0 Å². The van der Waals surface area contributed by atoms with Crippen molar-refractivity contribution in [2.75, 3.05) is 0 Å². The fourth-order valence-electron chi connectivity index (χ4n) is 1.64. The largest absolute Gasteiger partial charge is 0.442 e. The number of aromatic nitrogens is 3. The number of hydrogen-bond donors (Lipinski definition) is 0. The van der Waals surface area contributed by atoms with Crippen LogP contribution >= 0.6 is 11.3 Å². The molecule has 0 radical (unpaired) electrons. The lowest BCUT2D eigenvalue weighted by molar-refractivity contribution is 0.378. The quantitative estimate of drug-likeness (QED) is 0.722. The van der Waals surface area contributed by atoms with E-state index in [1.54, 1.807) is 6.20 Å². The highest BCUT2D eigenvalue weighted by Crippen LogP contribution is 2.21. The Kier molecular flexibility index (Phi) is 2.77. The highest BCUT2D eigenvalue weighted by atomic mass is 32.1. The van der Waals surface area contributed by atoms with E-state index in [9.17, 15) is 4.79 Å². The summed E-state index contributed by atoms with van der Waals surface area (Å²) in [6, 6.07) is 9.38. The van der Waals surface area contributed by atoms with Crippen LogP contribution < -0.4 is 5.76 Å². The van der Waals surface area contributed by atoms with Gasteiger partial charge in [-0.1, -0.05) is 17.3 Å². The van der Waals surface area contributed by atoms with Crippen molar-refractivity contribution < 1.29 is 4.52 Å². The maximum Gasteiger partial charge on any atom is 0.442 e. The second-order valence-electron chi connectivity index (χ2n) is 3.66. The van der Waals surface area contributed by atoms with Crippen molar-refractivity contribution in [3.05, 3.63) is 58.2 Å². The zero-order valence-electron chi connectivity index (χ0n) is 9.31. The maximum absolute atomic E-state index is 11.7. The molecule has 0 unspecified atom stereocenters. The molecule has 0 saturated heterocycles. The van der Waals surface area contributed by atoms with Crippen LogP contribution in [0, 0.1) is 0 Å². The Morgan fingerprint density at radius 2 is 2.22 bits per heavy atom. The number of rotatable bonds is 3. The topological polar surface area (TPSA) is 60.9 Å². The Balaban J connectivity index is 2.02. The van der Waals surface area contributed by atoms with E-state index in [1.807, 2.05) is 35.7 Å². The van der Waals surface area contributed by atoms with Gasteiger partial charge in [0.2, 0.25) is 0 Å². The first kappa shape index (κ1) is 10.9. The van der Waals surface area contributed by atoms with Crippen molar-refractivity contribution in [1.82, 2.24) is 14.7 Å². The molecule has 0 fully saturated rings. The third-order valence-electron chi connectivity index (χ3n) is 2.47. The fraction of sp³-hybridized carbons (Fsp3) is 0.0833. The van der Waals surface area contributed by atoms with Crippen LogP contribution in [-0.2, 0) is 6.54 Å². The van der Waals surface area contributed by atoms with Gasteiger partial charge in [-0.05, 0) is 23.6 Å². The molecule has 18 heavy (non-hydrogen) atoms. The van der Waals surface area contributed by atoms with Crippen molar-refractivity contribution in [1.29, 1.82) is 0 Å². The lowest BCUT2D eigenvalue weighted by Crippen LogP contribution is -2.16. The lowest BCUT2D eigenvalue weighted by Gasteiger charge is -2.01. The van der Waals surface area contributed by atoms with Crippen LogP contribution in [0.1, 0.15) is 5.69 Å². The SMILES string of the molecule is O=c1onc(-c2cccs2)n1Cc1ccccn1. The Morgan fingerprint density at radius 3 is 2.94 bits per heavy atom. The van der Waals surface area contributed by atoms with Crippen LogP contribution in [0.15, 0.2) is 51.2 Å². The van der Waals surface area contributed by atoms with E-state index in [0.29, 0.717) is 12.4 Å². The van der Waals surface area contributed by atoms with Crippen LogP contribution in [0.25, 0.3) is 10.7 Å². The molecule has 0 saturated carbocycles. The van der Waals surface area contributed by atoms with Crippen LogP contribution in [0.2, 0.25) is 0 Å². The van der Waals surface area contributed by atoms with Gasteiger partial charge in [0.15, 0.2) is 5.82 Å². The molecule has 0 N–H and O–H groups in total. The molecule has 0 atom stereocenters. The first-order chi connectivity index (χ1) is 8.84. The number of hydrogen-bond acceptors (Lipinski definition) is 5. The normalized spacial score (nSPS) is 10.7. The molecular formula is C12H9N3O2S. The smallest absolute Gasteiger partial charge is 0.295 e. The molecule has 3 heterocycles. The molecule has 0 amide bonds. The summed E-state index contributed by atoms with van der Waals surface area (Å²) >= 11 is 1.51. The zero-order valence-corrected chi connectivity index (χ0v) is 10.1. The van der Waals surface area contributed by atoms with Gasteiger partial charge in [-0.2, -0.15) is 0 Å². The van der Waals surface area contributed by atoms with Crippen molar-refractivity contribution in [3.63, 3.8) is 0 Å². The predicted octanol–water partition coefficient (Wildman–Crippen LogP) is 2.01. The monoisotopic (exact) mass is 259 g/mol. The lowest BCUT2D eigenvalue weighted by atomic mass is 10.3. The van der Waals surface area contributed by atoms with Crippen molar-refractivity contribution in [2.24, 2.45) is 0 Å². The molecule has 3 rings (SSSR count). The zero-order chi connectivity index (χ0) is 12.4. The van der Waals surface area contributed by atoms with Gasteiger partial charge in [-0.15, -0.1) is 11.3 Å². The summed E-state index contributed by atoms with van der Waals surface area (Å²) < 4.78 is 6.21. The summed E-state index contributed by atoms with van der Waals surface area (Å²) in [4.78, 5) is 16.7. The Hall–Kier alpha value is -2.21. The van der Waals surface area contributed by atoms with Gasteiger partial charge in [0.1, 0.15) is 0 Å². The molecule has 0 aliphatic carbocycles. The molecule has 3 aromatic heterocycles. The summed E-state index contributed by atoms with van der Waals surface area (Å²) in [6.07, 6.45) is 1.69. The van der Waals surface area contributed by atoms with E-state index in [0.717, 1.165) is 10.6 Å². The Bertz CT molecular complexity index is 686. The molecule has 0 spiro atoms. The summed E-state index contributed by atoms with van der Waals surface area (Å²) in [6.45, 7) is 0.358. The second kappa shape index (κ2) is 4.58. The molecule has 0 bridgehead atoms. The standard InChI is InChI=1S/C12H9N3O2S/c16-12-15(8-9-4-1-2-6-13-9)11(14-17-12)10-5-3-7-18-10/h1-7H,8H2. The fourth-order valence-corrected chi connectivity index (χ4v) is 2.36. The van der Waals surface area contributed by atoms with E-state index >= 15 is 0 Å². The highest BCUT2D eigenvalue weighted by molar-refractivity contribution is 7.13. The minimum absolute atomic E-state index is 0.358. The number of pyridine rings is 1.